The number of nitrogens with zero attached hydrogens (tertiary/aromatic N) is 2. The molecule has 0 radical (unpaired) electrons. The maximum Gasteiger partial charge on any atom is 0.246 e. The topological polar surface area (TPSA) is 85.2 Å². The molecule has 1 fully saturated rings. The van der Waals surface area contributed by atoms with Crippen LogP contribution in [0.15, 0.2) is 4.52 Å². The lowest BCUT2D eigenvalue weighted by atomic mass is 9.77. The molecule has 19 heavy (non-hydrogen) atoms. The highest BCUT2D eigenvalue weighted by atomic mass is 16.5. The second kappa shape index (κ2) is 6.01. The van der Waals surface area contributed by atoms with Crippen molar-refractivity contribution in [1.82, 2.24) is 10.1 Å². The molecule has 2 atom stereocenters. The lowest BCUT2D eigenvalue weighted by Gasteiger charge is -2.29. The zero-order valence-electron chi connectivity index (χ0n) is 12.0. The molecule has 0 unspecified atom stereocenters. The molecule has 1 aromatic heterocycles. The summed E-state index contributed by atoms with van der Waals surface area (Å²) in [6.45, 7) is 6.21. The molecule has 0 aliphatic heterocycles. The third kappa shape index (κ3) is 3.34. The van der Waals surface area contributed by atoms with E-state index in [4.69, 9.17) is 10.3 Å². The average molecular weight is 267 g/mol. The Morgan fingerprint density at radius 1 is 1.21 bits per heavy atom. The first kappa shape index (κ1) is 14.5. The Bertz CT molecular complexity index is 395. The van der Waals surface area contributed by atoms with Crippen LogP contribution in [0.1, 0.15) is 70.1 Å². The van der Waals surface area contributed by atoms with Gasteiger partial charge in [0.15, 0.2) is 5.82 Å². The molecular formula is C14H25N3O2. The highest BCUT2D eigenvalue weighted by Crippen LogP contribution is 2.37. The Morgan fingerprint density at radius 3 is 2.37 bits per heavy atom. The standard InChI is InChI=1S/C14H25N3O2/c1-8(2)10-4-6-11(7-5-10)13-16-14(19-17-13)12(15)9(3)18/h8-12,18H,4-7,15H2,1-3H3/t9-,10?,11?,12+/m1/s1. The van der Waals surface area contributed by atoms with Crippen LogP contribution in [0.3, 0.4) is 0 Å². The third-order valence-corrected chi connectivity index (χ3v) is 4.34. The predicted molar refractivity (Wildman–Crippen MR) is 72.4 cm³/mol. The zero-order chi connectivity index (χ0) is 14.0. The van der Waals surface area contributed by atoms with Crippen LogP contribution >= 0.6 is 0 Å². The van der Waals surface area contributed by atoms with Crippen molar-refractivity contribution in [2.75, 3.05) is 0 Å². The van der Waals surface area contributed by atoms with Gasteiger partial charge in [-0.2, -0.15) is 4.98 Å². The van der Waals surface area contributed by atoms with Gasteiger partial charge in [-0.15, -0.1) is 0 Å². The monoisotopic (exact) mass is 267 g/mol. The first-order chi connectivity index (χ1) is 8.99. The number of aromatic nitrogens is 2. The van der Waals surface area contributed by atoms with Crippen LogP contribution in [0.25, 0.3) is 0 Å². The van der Waals surface area contributed by atoms with Gasteiger partial charge in [0.2, 0.25) is 5.89 Å². The van der Waals surface area contributed by atoms with Gasteiger partial charge < -0.3 is 15.4 Å². The van der Waals surface area contributed by atoms with E-state index in [9.17, 15) is 5.11 Å². The van der Waals surface area contributed by atoms with Crippen LogP contribution in [0.4, 0.5) is 0 Å². The van der Waals surface area contributed by atoms with Crippen molar-refractivity contribution in [3.63, 3.8) is 0 Å². The van der Waals surface area contributed by atoms with E-state index in [2.05, 4.69) is 24.0 Å². The summed E-state index contributed by atoms with van der Waals surface area (Å²) in [5.41, 5.74) is 5.80. The van der Waals surface area contributed by atoms with Crippen LogP contribution in [-0.4, -0.2) is 21.4 Å². The second-order valence-corrected chi connectivity index (χ2v) is 6.11. The second-order valence-electron chi connectivity index (χ2n) is 6.11. The van der Waals surface area contributed by atoms with E-state index in [1.807, 2.05) is 0 Å². The van der Waals surface area contributed by atoms with E-state index in [0.29, 0.717) is 11.8 Å². The first-order valence-electron chi connectivity index (χ1n) is 7.26. The van der Waals surface area contributed by atoms with Crippen molar-refractivity contribution in [1.29, 1.82) is 0 Å². The normalized spacial score (nSPS) is 27.5. The molecule has 108 valence electrons. The van der Waals surface area contributed by atoms with Crippen LogP contribution in [0, 0.1) is 11.8 Å². The minimum absolute atomic E-state index is 0.344. The largest absolute Gasteiger partial charge is 0.391 e. The molecule has 0 saturated heterocycles. The minimum Gasteiger partial charge on any atom is -0.391 e. The first-order valence-corrected chi connectivity index (χ1v) is 7.26. The number of aliphatic hydroxyl groups is 1. The molecule has 1 aliphatic carbocycles. The number of aliphatic hydroxyl groups excluding tert-OH is 1. The van der Waals surface area contributed by atoms with E-state index in [-0.39, 0.29) is 0 Å². The quantitative estimate of drug-likeness (QED) is 0.874. The molecule has 0 aromatic carbocycles. The summed E-state index contributed by atoms with van der Waals surface area (Å²) in [6, 6.07) is -0.590. The fraction of sp³-hybridized carbons (Fsp3) is 0.857. The predicted octanol–water partition coefficient (Wildman–Crippen LogP) is 2.38. The smallest absolute Gasteiger partial charge is 0.246 e. The minimum atomic E-state index is -0.676. The van der Waals surface area contributed by atoms with Gasteiger partial charge in [-0.05, 0) is 44.4 Å². The van der Waals surface area contributed by atoms with E-state index in [1.165, 1.54) is 12.8 Å². The van der Waals surface area contributed by atoms with Crippen LogP contribution in [0.2, 0.25) is 0 Å². The SMILES string of the molecule is CC(C)C1CCC(c2noc([C@@H](N)[C@@H](C)O)n2)CC1. The van der Waals surface area contributed by atoms with Gasteiger partial charge in [-0.3, -0.25) is 0 Å². The Kier molecular flexibility index (Phi) is 4.58. The van der Waals surface area contributed by atoms with Gasteiger partial charge in [-0.25, -0.2) is 0 Å². The summed E-state index contributed by atoms with van der Waals surface area (Å²) in [5.74, 6) is 3.06. The fourth-order valence-corrected chi connectivity index (χ4v) is 2.80. The van der Waals surface area contributed by atoms with Gasteiger partial charge in [0.25, 0.3) is 0 Å². The molecule has 1 heterocycles. The van der Waals surface area contributed by atoms with Crippen LogP contribution in [-0.2, 0) is 0 Å². The Labute approximate surface area is 114 Å². The van der Waals surface area contributed by atoms with Gasteiger partial charge in [0, 0.05) is 5.92 Å². The Morgan fingerprint density at radius 2 is 1.84 bits per heavy atom. The molecular weight excluding hydrogens is 242 g/mol. The summed E-state index contributed by atoms with van der Waals surface area (Å²) >= 11 is 0. The summed E-state index contributed by atoms with van der Waals surface area (Å²) in [4.78, 5) is 4.36. The molecule has 3 N–H and O–H groups in total. The Balaban J connectivity index is 1.97. The van der Waals surface area contributed by atoms with Gasteiger partial charge in [-0.1, -0.05) is 19.0 Å². The Hall–Kier alpha value is -0.940. The summed E-state index contributed by atoms with van der Waals surface area (Å²) < 4.78 is 5.17. The molecule has 5 heteroatoms. The third-order valence-electron chi connectivity index (χ3n) is 4.34. The van der Waals surface area contributed by atoms with Gasteiger partial charge in [0.1, 0.15) is 6.04 Å². The van der Waals surface area contributed by atoms with Crippen molar-refractivity contribution >= 4 is 0 Å². The zero-order valence-corrected chi connectivity index (χ0v) is 12.0. The van der Waals surface area contributed by atoms with Gasteiger partial charge in [0.05, 0.1) is 6.10 Å². The molecule has 5 nitrogen and oxygen atoms in total. The van der Waals surface area contributed by atoms with Crippen molar-refractivity contribution in [2.24, 2.45) is 17.6 Å². The van der Waals surface area contributed by atoms with E-state index >= 15 is 0 Å². The van der Waals surface area contributed by atoms with E-state index in [0.717, 1.165) is 30.5 Å². The lowest BCUT2D eigenvalue weighted by Crippen LogP contribution is -2.23. The maximum atomic E-state index is 9.44. The maximum absolute atomic E-state index is 9.44. The molecule has 0 spiro atoms. The van der Waals surface area contributed by atoms with Crippen molar-refractivity contribution in [3.05, 3.63) is 11.7 Å². The number of hydrogen-bond donors (Lipinski definition) is 2. The van der Waals surface area contributed by atoms with Crippen molar-refractivity contribution in [2.45, 2.75) is 64.5 Å². The van der Waals surface area contributed by atoms with Crippen molar-refractivity contribution in [3.8, 4) is 0 Å². The van der Waals surface area contributed by atoms with E-state index in [1.54, 1.807) is 6.92 Å². The van der Waals surface area contributed by atoms with Gasteiger partial charge >= 0.3 is 0 Å². The summed E-state index contributed by atoms with van der Waals surface area (Å²) in [7, 11) is 0. The highest BCUT2D eigenvalue weighted by molar-refractivity contribution is 5.00. The molecule has 0 amide bonds. The van der Waals surface area contributed by atoms with Crippen molar-refractivity contribution < 1.29 is 9.63 Å². The highest BCUT2D eigenvalue weighted by Gasteiger charge is 2.28. The van der Waals surface area contributed by atoms with E-state index < -0.39 is 12.1 Å². The molecule has 1 aromatic rings. The summed E-state index contributed by atoms with van der Waals surface area (Å²) in [5, 5.41) is 13.5. The molecule has 0 bridgehead atoms. The molecule has 1 saturated carbocycles. The number of hydrogen-bond acceptors (Lipinski definition) is 5. The number of nitrogens with two attached hydrogens (primary N) is 1. The average Bonchev–Trinajstić information content (AvgIpc) is 2.87. The van der Waals surface area contributed by atoms with Crippen LogP contribution < -0.4 is 5.73 Å². The lowest BCUT2D eigenvalue weighted by molar-refractivity contribution is 0.146. The molecule has 1 aliphatic rings. The fourth-order valence-electron chi connectivity index (χ4n) is 2.80. The van der Waals surface area contributed by atoms with Crippen LogP contribution in [0.5, 0.6) is 0 Å². The molecule has 2 rings (SSSR count). The summed E-state index contributed by atoms with van der Waals surface area (Å²) in [6.07, 6.45) is 4.02. The number of rotatable bonds is 4.